The Morgan fingerprint density at radius 1 is 1.38 bits per heavy atom. The standard InChI is InChI=1S/C10H5BrClNO3/c11-5-1-4(12)2-6-9(5)8(14)3-7(13-6)10(15)16/h1-3H,(H,13,14)(H,15,16). The summed E-state index contributed by atoms with van der Waals surface area (Å²) in [5.74, 6) is -1.19. The molecule has 0 unspecified atom stereocenters. The van der Waals surface area contributed by atoms with Gasteiger partial charge in [-0.2, -0.15) is 0 Å². The van der Waals surface area contributed by atoms with Crippen molar-refractivity contribution >= 4 is 44.4 Å². The molecule has 0 aliphatic rings. The lowest BCUT2D eigenvalue weighted by molar-refractivity contribution is 0.0691. The molecule has 0 aliphatic heterocycles. The van der Waals surface area contributed by atoms with E-state index < -0.39 is 5.97 Å². The van der Waals surface area contributed by atoms with Gasteiger partial charge in [-0.05, 0) is 28.1 Å². The second kappa shape index (κ2) is 3.92. The van der Waals surface area contributed by atoms with Gasteiger partial charge in [-0.1, -0.05) is 11.6 Å². The first-order valence-corrected chi connectivity index (χ1v) is 5.41. The predicted octanol–water partition coefficient (Wildman–Crippen LogP) is 2.64. The summed E-state index contributed by atoms with van der Waals surface area (Å²) in [6, 6.07) is 4.14. The average Bonchev–Trinajstić information content (AvgIpc) is 2.15. The maximum atomic E-state index is 11.7. The molecule has 0 atom stereocenters. The lowest BCUT2D eigenvalue weighted by atomic mass is 10.2. The second-order valence-corrected chi connectivity index (χ2v) is 4.45. The van der Waals surface area contributed by atoms with E-state index in [9.17, 15) is 9.59 Å². The number of pyridine rings is 1. The number of benzene rings is 1. The van der Waals surface area contributed by atoms with Crippen LogP contribution in [0.1, 0.15) is 10.5 Å². The van der Waals surface area contributed by atoms with E-state index in [4.69, 9.17) is 16.7 Å². The zero-order valence-electron chi connectivity index (χ0n) is 7.75. The van der Waals surface area contributed by atoms with Gasteiger partial charge in [-0.15, -0.1) is 0 Å². The van der Waals surface area contributed by atoms with Crippen molar-refractivity contribution in [2.45, 2.75) is 0 Å². The molecule has 16 heavy (non-hydrogen) atoms. The van der Waals surface area contributed by atoms with E-state index in [-0.39, 0.29) is 11.1 Å². The summed E-state index contributed by atoms with van der Waals surface area (Å²) in [4.78, 5) is 25.1. The monoisotopic (exact) mass is 301 g/mol. The molecule has 0 bridgehead atoms. The smallest absolute Gasteiger partial charge is 0.352 e. The van der Waals surface area contributed by atoms with Gasteiger partial charge >= 0.3 is 5.97 Å². The number of carbonyl (C=O) groups is 1. The molecule has 0 saturated heterocycles. The SMILES string of the molecule is O=C(O)c1cc(=O)c2c(Br)cc(Cl)cc2[nH]1. The van der Waals surface area contributed by atoms with E-state index in [1.807, 2.05) is 0 Å². The molecule has 0 saturated carbocycles. The first kappa shape index (κ1) is 11.2. The van der Waals surface area contributed by atoms with E-state index in [1.165, 1.54) is 6.07 Å². The van der Waals surface area contributed by atoms with Crippen LogP contribution >= 0.6 is 27.5 Å². The Kier molecular flexibility index (Phi) is 2.73. The minimum atomic E-state index is -1.19. The van der Waals surface area contributed by atoms with Gasteiger partial charge in [0.15, 0.2) is 5.43 Å². The number of nitrogens with one attached hydrogen (secondary N) is 1. The molecule has 82 valence electrons. The topological polar surface area (TPSA) is 70.2 Å². The summed E-state index contributed by atoms with van der Waals surface area (Å²) >= 11 is 9.02. The first-order chi connectivity index (χ1) is 7.49. The third kappa shape index (κ3) is 1.83. The highest BCUT2D eigenvalue weighted by Crippen LogP contribution is 2.24. The molecule has 1 aromatic heterocycles. The van der Waals surface area contributed by atoms with E-state index in [0.29, 0.717) is 20.4 Å². The van der Waals surface area contributed by atoms with Gasteiger partial charge in [0.05, 0.1) is 10.9 Å². The number of hydrogen-bond donors (Lipinski definition) is 2. The van der Waals surface area contributed by atoms with Crippen molar-refractivity contribution in [3.05, 3.63) is 43.6 Å². The fourth-order valence-corrected chi connectivity index (χ4v) is 2.43. The quantitative estimate of drug-likeness (QED) is 0.851. The van der Waals surface area contributed by atoms with Crippen molar-refractivity contribution in [3.63, 3.8) is 0 Å². The molecule has 0 spiro atoms. The number of halogens is 2. The minimum Gasteiger partial charge on any atom is -0.477 e. The molecule has 1 aromatic carbocycles. The molecule has 2 aromatic rings. The summed E-state index contributed by atoms with van der Waals surface area (Å²) in [5, 5.41) is 9.59. The maximum absolute atomic E-state index is 11.7. The summed E-state index contributed by atoms with van der Waals surface area (Å²) in [6.07, 6.45) is 0. The van der Waals surface area contributed by atoms with Crippen molar-refractivity contribution in [1.82, 2.24) is 4.98 Å². The van der Waals surface area contributed by atoms with Crippen LogP contribution in [-0.4, -0.2) is 16.1 Å². The van der Waals surface area contributed by atoms with Crippen LogP contribution in [-0.2, 0) is 0 Å². The number of rotatable bonds is 1. The van der Waals surface area contributed by atoms with Gasteiger partial charge in [0.25, 0.3) is 0 Å². The number of hydrogen-bond acceptors (Lipinski definition) is 2. The summed E-state index contributed by atoms with van der Waals surface area (Å²) < 4.78 is 0.535. The van der Waals surface area contributed by atoms with Gasteiger partial charge in [-0.3, -0.25) is 4.79 Å². The van der Waals surface area contributed by atoms with E-state index >= 15 is 0 Å². The number of aromatic amines is 1. The van der Waals surface area contributed by atoms with Crippen LogP contribution in [0.2, 0.25) is 5.02 Å². The summed E-state index contributed by atoms with van der Waals surface area (Å²) in [5.41, 5.74) is -0.134. The van der Waals surface area contributed by atoms with Crippen molar-refractivity contribution in [1.29, 1.82) is 0 Å². The largest absolute Gasteiger partial charge is 0.477 e. The molecule has 6 heteroatoms. The van der Waals surface area contributed by atoms with E-state index in [2.05, 4.69) is 20.9 Å². The van der Waals surface area contributed by atoms with Crippen molar-refractivity contribution in [3.8, 4) is 0 Å². The Labute approximate surface area is 103 Å². The Hall–Kier alpha value is -1.33. The lowest BCUT2D eigenvalue weighted by Gasteiger charge is -2.03. The molecule has 0 amide bonds. The highest BCUT2D eigenvalue weighted by molar-refractivity contribution is 9.10. The zero-order chi connectivity index (χ0) is 11.9. The first-order valence-electron chi connectivity index (χ1n) is 4.24. The van der Waals surface area contributed by atoms with Crippen LogP contribution in [0.15, 0.2) is 27.5 Å². The molecular formula is C10H5BrClNO3. The number of fused-ring (bicyclic) bond motifs is 1. The van der Waals surface area contributed by atoms with Crippen molar-refractivity contribution < 1.29 is 9.90 Å². The molecule has 4 nitrogen and oxygen atoms in total. The van der Waals surface area contributed by atoms with Crippen molar-refractivity contribution in [2.75, 3.05) is 0 Å². The Morgan fingerprint density at radius 2 is 2.06 bits per heavy atom. The van der Waals surface area contributed by atoms with Crippen LogP contribution in [0, 0.1) is 0 Å². The Morgan fingerprint density at radius 3 is 2.69 bits per heavy atom. The predicted molar refractivity (Wildman–Crippen MR) is 64.2 cm³/mol. The van der Waals surface area contributed by atoms with Crippen LogP contribution in [0.25, 0.3) is 10.9 Å². The van der Waals surface area contributed by atoms with Crippen LogP contribution < -0.4 is 5.43 Å². The van der Waals surface area contributed by atoms with Crippen LogP contribution in [0.3, 0.4) is 0 Å². The Balaban J connectivity index is 2.93. The Bertz CT molecular complexity index is 650. The number of carboxylic acid groups (broad SMARTS) is 1. The number of aromatic nitrogens is 1. The fraction of sp³-hybridized carbons (Fsp3) is 0. The molecule has 2 rings (SSSR count). The van der Waals surface area contributed by atoms with Gasteiger partial charge in [0.2, 0.25) is 0 Å². The van der Waals surface area contributed by atoms with Gasteiger partial charge in [-0.25, -0.2) is 4.79 Å². The number of carboxylic acids is 1. The molecule has 0 radical (unpaired) electrons. The number of H-pyrrole nitrogens is 1. The molecule has 1 heterocycles. The molecular weight excluding hydrogens is 297 g/mol. The number of aromatic carboxylic acids is 1. The fourth-order valence-electron chi connectivity index (χ4n) is 1.42. The molecule has 2 N–H and O–H groups in total. The summed E-state index contributed by atoms with van der Waals surface area (Å²) in [7, 11) is 0. The summed E-state index contributed by atoms with van der Waals surface area (Å²) in [6.45, 7) is 0. The van der Waals surface area contributed by atoms with E-state index in [1.54, 1.807) is 6.07 Å². The minimum absolute atomic E-state index is 0.160. The zero-order valence-corrected chi connectivity index (χ0v) is 10.1. The van der Waals surface area contributed by atoms with Gasteiger partial charge in [0, 0.05) is 15.6 Å². The molecule has 0 fully saturated rings. The average molecular weight is 303 g/mol. The van der Waals surface area contributed by atoms with E-state index in [0.717, 1.165) is 6.07 Å². The van der Waals surface area contributed by atoms with Gasteiger partial charge < -0.3 is 10.1 Å². The highest BCUT2D eigenvalue weighted by Gasteiger charge is 2.10. The van der Waals surface area contributed by atoms with Crippen LogP contribution in [0.4, 0.5) is 0 Å². The highest BCUT2D eigenvalue weighted by atomic mass is 79.9. The van der Waals surface area contributed by atoms with Crippen molar-refractivity contribution in [2.24, 2.45) is 0 Å². The third-order valence-corrected chi connectivity index (χ3v) is 2.92. The maximum Gasteiger partial charge on any atom is 0.352 e. The van der Waals surface area contributed by atoms with Gasteiger partial charge in [0.1, 0.15) is 5.69 Å². The van der Waals surface area contributed by atoms with Crippen LogP contribution in [0.5, 0.6) is 0 Å². The molecule has 0 aliphatic carbocycles. The second-order valence-electron chi connectivity index (χ2n) is 3.16. The normalized spacial score (nSPS) is 10.6. The lowest BCUT2D eigenvalue weighted by Crippen LogP contribution is -2.09. The third-order valence-electron chi connectivity index (χ3n) is 2.08.